The molecule has 21 heavy (non-hydrogen) atoms. The maximum Gasteiger partial charge on any atom is 0.265 e. The number of aryl methyl sites for hydroxylation is 1. The summed E-state index contributed by atoms with van der Waals surface area (Å²) in [7, 11) is -2.29. The molecule has 1 heterocycles. The van der Waals surface area contributed by atoms with Gasteiger partial charge in [0.15, 0.2) is 0 Å². The zero-order valence-electron chi connectivity index (χ0n) is 11.5. The molecule has 0 radical (unpaired) electrons. The van der Waals surface area contributed by atoms with Gasteiger partial charge in [0.05, 0.1) is 24.4 Å². The van der Waals surface area contributed by atoms with Gasteiger partial charge in [-0.05, 0) is 25.1 Å². The number of sulfonamides is 1. The van der Waals surface area contributed by atoms with Gasteiger partial charge in [-0.1, -0.05) is 11.6 Å². The summed E-state index contributed by atoms with van der Waals surface area (Å²) >= 11 is 5.97. The Morgan fingerprint density at radius 2 is 2.10 bits per heavy atom. The minimum atomic E-state index is -3.77. The van der Waals surface area contributed by atoms with E-state index in [-0.39, 0.29) is 17.2 Å². The molecule has 0 aliphatic carbocycles. The van der Waals surface area contributed by atoms with Crippen LogP contribution in [0.4, 0.5) is 5.69 Å². The van der Waals surface area contributed by atoms with Crippen LogP contribution in [0.3, 0.4) is 0 Å². The molecule has 0 aliphatic heterocycles. The molecule has 0 saturated carbocycles. The summed E-state index contributed by atoms with van der Waals surface area (Å²) in [5.74, 6) is 1.15. The number of halogens is 1. The Balaban J connectivity index is 2.32. The molecule has 0 saturated heterocycles. The number of ether oxygens (including phenoxy) is 1. The highest BCUT2D eigenvalue weighted by Gasteiger charge is 2.21. The molecular formula is C13H15ClN2O4S. The summed E-state index contributed by atoms with van der Waals surface area (Å²) in [6.45, 7) is 1.69. The van der Waals surface area contributed by atoms with Gasteiger partial charge in [-0.3, -0.25) is 4.72 Å². The lowest BCUT2D eigenvalue weighted by molar-refractivity contribution is 0.415. The van der Waals surface area contributed by atoms with Gasteiger partial charge in [-0.25, -0.2) is 8.42 Å². The Hall–Kier alpha value is -1.70. The van der Waals surface area contributed by atoms with Gasteiger partial charge in [-0.2, -0.15) is 0 Å². The standard InChI is InChI=1S/C13H15ClN2O4S/c1-8-13(6-10(7-15)20-8)21(17,18)16-9-3-4-12(19-2)11(14)5-9/h3-6,16H,7,15H2,1-2H3. The molecule has 0 unspecified atom stereocenters. The Labute approximate surface area is 127 Å². The lowest BCUT2D eigenvalue weighted by Crippen LogP contribution is -2.13. The molecule has 3 N–H and O–H groups in total. The highest BCUT2D eigenvalue weighted by molar-refractivity contribution is 7.92. The van der Waals surface area contributed by atoms with Gasteiger partial charge in [0.1, 0.15) is 22.2 Å². The van der Waals surface area contributed by atoms with Crippen molar-refractivity contribution in [3.05, 3.63) is 40.8 Å². The van der Waals surface area contributed by atoms with Crippen LogP contribution in [0.5, 0.6) is 5.75 Å². The molecule has 2 rings (SSSR count). The predicted molar refractivity (Wildman–Crippen MR) is 80.1 cm³/mol. The molecule has 0 aliphatic rings. The lowest BCUT2D eigenvalue weighted by atomic mass is 10.3. The third-order valence-corrected chi connectivity index (χ3v) is 4.60. The Kier molecular flexibility index (Phi) is 4.46. The molecular weight excluding hydrogens is 316 g/mol. The largest absolute Gasteiger partial charge is 0.495 e. The van der Waals surface area contributed by atoms with Crippen LogP contribution in [-0.4, -0.2) is 15.5 Å². The lowest BCUT2D eigenvalue weighted by Gasteiger charge is -2.09. The highest BCUT2D eigenvalue weighted by Crippen LogP contribution is 2.29. The van der Waals surface area contributed by atoms with Crippen molar-refractivity contribution in [2.75, 3.05) is 11.8 Å². The first kappa shape index (κ1) is 15.7. The summed E-state index contributed by atoms with van der Waals surface area (Å²) in [5.41, 5.74) is 5.77. The van der Waals surface area contributed by atoms with Gasteiger partial charge in [0, 0.05) is 6.07 Å². The number of benzene rings is 1. The van der Waals surface area contributed by atoms with Crippen LogP contribution >= 0.6 is 11.6 Å². The summed E-state index contributed by atoms with van der Waals surface area (Å²) in [4.78, 5) is 0.0508. The third-order valence-electron chi connectivity index (χ3n) is 2.82. The fourth-order valence-corrected chi connectivity index (χ4v) is 3.34. The minimum absolute atomic E-state index is 0.0508. The molecule has 0 fully saturated rings. The van der Waals surface area contributed by atoms with Crippen molar-refractivity contribution in [3.63, 3.8) is 0 Å². The smallest absolute Gasteiger partial charge is 0.265 e. The molecule has 2 aromatic rings. The van der Waals surface area contributed by atoms with E-state index < -0.39 is 10.0 Å². The molecule has 1 aromatic heterocycles. The molecule has 0 spiro atoms. The minimum Gasteiger partial charge on any atom is -0.495 e. The second kappa shape index (κ2) is 5.97. The zero-order chi connectivity index (χ0) is 15.6. The van der Waals surface area contributed by atoms with E-state index in [0.29, 0.717) is 22.2 Å². The highest BCUT2D eigenvalue weighted by atomic mass is 35.5. The van der Waals surface area contributed by atoms with Crippen molar-refractivity contribution < 1.29 is 17.6 Å². The van der Waals surface area contributed by atoms with Crippen LogP contribution in [0, 0.1) is 6.92 Å². The van der Waals surface area contributed by atoms with Crippen molar-refractivity contribution in [2.24, 2.45) is 5.73 Å². The van der Waals surface area contributed by atoms with E-state index in [4.69, 9.17) is 26.5 Å². The summed E-state index contributed by atoms with van der Waals surface area (Å²) in [6.07, 6.45) is 0. The topological polar surface area (TPSA) is 94.6 Å². The maximum absolute atomic E-state index is 12.3. The van der Waals surface area contributed by atoms with Crippen LogP contribution in [0.1, 0.15) is 11.5 Å². The zero-order valence-corrected chi connectivity index (χ0v) is 13.1. The summed E-state index contributed by atoms with van der Waals surface area (Å²) in [6, 6.07) is 6.01. The van der Waals surface area contributed by atoms with Crippen LogP contribution in [0.2, 0.25) is 5.02 Å². The van der Waals surface area contributed by atoms with Gasteiger partial charge in [0.25, 0.3) is 10.0 Å². The number of furan rings is 1. The number of hydrogen-bond donors (Lipinski definition) is 2. The van der Waals surface area contributed by atoms with E-state index >= 15 is 0 Å². The number of anilines is 1. The average Bonchev–Trinajstić information content (AvgIpc) is 2.81. The van der Waals surface area contributed by atoms with Crippen molar-refractivity contribution in [1.82, 2.24) is 0 Å². The quantitative estimate of drug-likeness (QED) is 0.878. The molecule has 8 heteroatoms. The fourth-order valence-electron chi connectivity index (χ4n) is 1.83. The molecule has 1 aromatic carbocycles. The monoisotopic (exact) mass is 330 g/mol. The van der Waals surface area contributed by atoms with Gasteiger partial charge < -0.3 is 14.9 Å². The number of hydrogen-bond acceptors (Lipinski definition) is 5. The molecule has 0 bridgehead atoms. The van der Waals surface area contributed by atoms with Crippen molar-refractivity contribution >= 4 is 27.3 Å². The van der Waals surface area contributed by atoms with Crippen LogP contribution in [0.25, 0.3) is 0 Å². The van der Waals surface area contributed by atoms with E-state index in [1.165, 1.54) is 19.2 Å². The number of nitrogens with one attached hydrogen (secondary N) is 1. The Bertz CT molecular complexity index is 756. The maximum atomic E-state index is 12.3. The molecule has 0 atom stereocenters. The molecule has 114 valence electrons. The first-order chi connectivity index (χ1) is 9.87. The summed E-state index contributed by atoms with van der Waals surface area (Å²) in [5, 5.41) is 0.310. The van der Waals surface area contributed by atoms with Gasteiger partial charge in [-0.15, -0.1) is 0 Å². The third kappa shape index (κ3) is 3.31. The van der Waals surface area contributed by atoms with E-state index in [2.05, 4.69) is 4.72 Å². The van der Waals surface area contributed by atoms with Crippen molar-refractivity contribution in [2.45, 2.75) is 18.4 Å². The first-order valence-corrected chi connectivity index (χ1v) is 7.89. The SMILES string of the molecule is COc1ccc(NS(=O)(=O)c2cc(CN)oc2C)cc1Cl. The van der Waals surface area contributed by atoms with Crippen LogP contribution < -0.4 is 15.2 Å². The summed E-state index contributed by atoms with van der Waals surface area (Å²) < 4.78 is 37.4. The van der Waals surface area contributed by atoms with Crippen molar-refractivity contribution in [1.29, 1.82) is 0 Å². The number of rotatable bonds is 5. The Morgan fingerprint density at radius 1 is 1.38 bits per heavy atom. The normalized spacial score (nSPS) is 11.4. The Morgan fingerprint density at radius 3 is 2.62 bits per heavy atom. The number of nitrogens with two attached hydrogens (primary N) is 1. The molecule has 6 nitrogen and oxygen atoms in total. The fraction of sp³-hybridized carbons (Fsp3) is 0.231. The van der Waals surface area contributed by atoms with E-state index in [1.807, 2.05) is 0 Å². The second-order valence-corrected chi connectivity index (χ2v) is 6.35. The van der Waals surface area contributed by atoms with Gasteiger partial charge in [0.2, 0.25) is 0 Å². The van der Waals surface area contributed by atoms with Crippen LogP contribution in [-0.2, 0) is 16.6 Å². The second-order valence-electron chi connectivity index (χ2n) is 4.29. The van der Waals surface area contributed by atoms with Crippen LogP contribution in [0.15, 0.2) is 33.6 Å². The van der Waals surface area contributed by atoms with E-state index in [9.17, 15) is 8.42 Å². The first-order valence-electron chi connectivity index (χ1n) is 6.03. The van der Waals surface area contributed by atoms with E-state index in [0.717, 1.165) is 0 Å². The number of methoxy groups -OCH3 is 1. The average molecular weight is 331 g/mol. The van der Waals surface area contributed by atoms with Crippen molar-refractivity contribution in [3.8, 4) is 5.75 Å². The predicted octanol–water partition coefficient (Wildman–Crippen LogP) is 2.51. The van der Waals surface area contributed by atoms with Gasteiger partial charge >= 0.3 is 0 Å². The van der Waals surface area contributed by atoms with E-state index in [1.54, 1.807) is 19.1 Å². The molecule has 0 amide bonds.